The van der Waals surface area contributed by atoms with Crippen LogP contribution in [0, 0.1) is 5.92 Å². The molecule has 1 aromatic carbocycles. The predicted molar refractivity (Wildman–Crippen MR) is 71.1 cm³/mol. The van der Waals surface area contributed by atoms with Crippen LogP contribution in [-0.4, -0.2) is 18.8 Å². The molecule has 0 aliphatic rings. The Morgan fingerprint density at radius 2 is 1.90 bits per heavy atom. The molecule has 0 heterocycles. The van der Waals surface area contributed by atoms with Crippen LogP contribution in [0.2, 0.25) is 0 Å². The standard InChI is InChI=1S/C15H17F3O2/c1-4-11-6-8-12(9-7-11)13(14(19)20-5-2)10(3)15(16,17)18/h4,6-10,13H,1,5H2,2-3H3/t10-,13?/m0/s1. The van der Waals surface area contributed by atoms with Gasteiger partial charge < -0.3 is 4.74 Å². The maximum atomic E-state index is 12.9. The van der Waals surface area contributed by atoms with Gasteiger partial charge in [-0.1, -0.05) is 43.8 Å². The van der Waals surface area contributed by atoms with Gasteiger partial charge in [0.1, 0.15) is 0 Å². The molecule has 0 bridgehead atoms. The van der Waals surface area contributed by atoms with Gasteiger partial charge in [0.15, 0.2) is 0 Å². The molecule has 0 radical (unpaired) electrons. The SMILES string of the molecule is C=Cc1ccc(C(C(=O)OCC)[C@H](C)C(F)(F)F)cc1. The number of alkyl halides is 3. The minimum absolute atomic E-state index is 0.0463. The largest absolute Gasteiger partial charge is 0.466 e. The monoisotopic (exact) mass is 286 g/mol. The molecule has 1 aromatic rings. The Morgan fingerprint density at radius 3 is 2.30 bits per heavy atom. The van der Waals surface area contributed by atoms with Crippen molar-refractivity contribution in [3.8, 4) is 0 Å². The molecule has 1 rings (SSSR count). The van der Waals surface area contributed by atoms with Crippen molar-refractivity contribution in [3.05, 3.63) is 42.0 Å². The molecule has 0 N–H and O–H groups in total. The van der Waals surface area contributed by atoms with E-state index in [4.69, 9.17) is 4.74 Å². The molecule has 2 nitrogen and oxygen atoms in total. The van der Waals surface area contributed by atoms with Gasteiger partial charge in [-0.15, -0.1) is 0 Å². The van der Waals surface area contributed by atoms with Crippen LogP contribution < -0.4 is 0 Å². The number of hydrogen-bond donors (Lipinski definition) is 0. The van der Waals surface area contributed by atoms with E-state index < -0.39 is 24.0 Å². The summed E-state index contributed by atoms with van der Waals surface area (Å²) >= 11 is 0. The van der Waals surface area contributed by atoms with Crippen LogP contribution in [-0.2, 0) is 9.53 Å². The molecule has 20 heavy (non-hydrogen) atoms. The number of rotatable bonds is 5. The van der Waals surface area contributed by atoms with Crippen molar-refractivity contribution in [2.24, 2.45) is 5.92 Å². The molecule has 110 valence electrons. The van der Waals surface area contributed by atoms with Gasteiger partial charge in [0.2, 0.25) is 0 Å². The summed E-state index contributed by atoms with van der Waals surface area (Å²) in [6.07, 6.45) is -2.88. The third kappa shape index (κ3) is 3.85. The van der Waals surface area contributed by atoms with Crippen molar-refractivity contribution < 1.29 is 22.7 Å². The second-order valence-electron chi connectivity index (χ2n) is 4.43. The smallest absolute Gasteiger partial charge is 0.392 e. The Hall–Kier alpha value is -1.78. The molecule has 1 unspecified atom stereocenters. The van der Waals surface area contributed by atoms with Crippen molar-refractivity contribution in [3.63, 3.8) is 0 Å². The average Bonchev–Trinajstić information content (AvgIpc) is 2.39. The summed E-state index contributed by atoms with van der Waals surface area (Å²) in [4.78, 5) is 11.8. The highest BCUT2D eigenvalue weighted by molar-refractivity contribution is 5.78. The lowest BCUT2D eigenvalue weighted by molar-refractivity contribution is -0.185. The lowest BCUT2D eigenvalue weighted by atomic mass is 9.86. The Balaban J connectivity index is 3.15. The fourth-order valence-corrected chi connectivity index (χ4v) is 1.89. The van der Waals surface area contributed by atoms with Gasteiger partial charge in [-0.3, -0.25) is 4.79 Å². The molecular weight excluding hydrogens is 269 g/mol. The Labute approximate surface area is 116 Å². The zero-order chi connectivity index (χ0) is 15.3. The van der Waals surface area contributed by atoms with Crippen molar-refractivity contribution in [2.75, 3.05) is 6.61 Å². The highest BCUT2D eigenvalue weighted by Gasteiger charge is 2.45. The topological polar surface area (TPSA) is 26.3 Å². The van der Waals surface area contributed by atoms with E-state index in [0.717, 1.165) is 12.5 Å². The fourth-order valence-electron chi connectivity index (χ4n) is 1.89. The summed E-state index contributed by atoms with van der Waals surface area (Å²) in [6.45, 7) is 6.17. The minimum Gasteiger partial charge on any atom is -0.466 e. The van der Waals surface area contributed by atoms with Gasteiger partial charge >= 0.3 is 12.1 Å². The second-order valence-corrected chi connectivity index (χ2v) is 4.43. The molecule has 0 aliphatic heterocycles. The van der Waals surface area contributed by atoms with E-state index in [0.29, 0.717) is 5.56 Å². The second kappa shape index (κ2) is 6.59. The predicted octanol–water partition coefficient (Wildman–Crippen LogP) is 4.17. The third-order valence-electron chi connectivity index (χ3n) is 3.09. The number of benzene rings is 1. The summed E-state index contributed by atoms with van der Waals surface area (Å²) in [5.74, 6) is -4.02. The quantitative estimate of drug-likeness (QED) is 0.759. The minimum atomic E-state index is -4.46. The molecule has 0 spiro atoms. The summed E-state index contributed by atoms with van der Waals surface area (Å²) < 4.78 is 43.5. The molecule has 0 amide bonds. The van der Waals surface area contributed by atoms with Crippen LogP contribution in [0.15, 0.2) is 30.8 Å². The number of ether oxygens (including phenoxy) is 1. The fraction of sp³-hybridized carbons (Fsp3) is 0.400. The number of esters is 1. The van der Waals surface area contributed by atoms with Gasteiger partial charge in [-0.2, -0.15) is 13.2 Å². The van der Waals surface area contributed by atoms with Gasteiger partial charge in [0, 0.05) is 0 Å². The lowest BCUT2D eigenvalue weighted by Gasteiger charge is -2.24. The summed E-state index contributed by atoms with van der Waals surface area (Å²) in [5, 5.41) is 0. The Morgan fingerprint density at radius 1 is 1.35 bits per heavy atom. The van der Waals surface area contributed by atoms with E-state index in [1.54, 1.807) is 25.1 Å². The van der Waals surface area contributed by atoms with Gasteiger partial charge in [-0.25, -0.2) is 0 Å². The zero-order valence-corrected chi connectivity index (χ0v) is 11.4. The molecule has 0 aliphatic carbocycles. The van der Waals surface area contributed by atoms with Crippen molar-refractivity contribution in [2.45, 2.75) is 25.9 Å². The molecule has 0 saturated heterocycles. The van der Waals surface area contributed by atoms with Crippen molar-refractivity contribution in [1.82, 2.24) is 0 Å². The first kappa shape index (κ1) is 16.3. The summed E-state index contributed by atoms with van der Waals surface area (Å²) in [7, 11) is 0. The molecule has 2 atom stereocenters. The van der Waals surface area contributed by atoms with Crippen LogP contribution in [0.5, 0.6) is 0 Å². The van der Waals surface area contributed by atoms with Gasteiger partial charge in [0.05, 0.1) is 18.4 Å². The van der Waals surface area contributed by atoms with Crippen molar-refractivity contribution >= 4 is 12.0 Å². The number of carbonyl (C=O) groups is 1. The first-order valence-electron chi connectivity index (χ1n) is 6.27. The van der Waals surface area contributed by atoms with Gasteiger partial charge in [-0.05, 0) is 18.1 Å². The van der Waals surface area contributed by atoms with Crippen molar-refractivity contribution in [1.29, 1.82) is 0 Å². The van der Waals surface area contributed by atoms with E-state index in [2.05, 4.69) is 6.58 Å². The van der Waals surface area contributed by atoms with Crippen LogP contribution in [0.1, 0.15) is 30.9 Å². The maximum Gasteiger partial charge on any atom is 0.392 e. The Kier molecular flexibility index (Phi) is 5.36. The van der Waals surface area contributed by atoms with E-state index in [-0.39, 0.29) is 6.61 Å². The normalized spacial score (nSPS) is 14.4. The molecule has 0 aromatic heterocycles. The first-order chi connectivity index (χ1) is 9.31. The lowest BCUT2D eigenvalue weighted by Crippen LogP contribution is -2.32. The van der Waals surface area contributed by atoms with Crippen LogP contribution in [0.4, 0.5) is 13.2 Å². The average molecular weight is 286 g/mol. The maximum absolute atomic E-state index is 12.9. The van der Waals surface area contributed by atoms with Gasteiger partial charge in [0.25, 0.3) is 0 Å². The van der Waals surface area contributed by atoms with E-state index in [1.165, 1.54) is 12.1 Å². The third-order valence-corrected chi connectivity index (χ3v) is 3.09. The van der Waals surface area contributed by atoms with Crippen LogP contribution in [0.3, 0.4) is 0 Å². The van der Waals surface area contributed by atoms with E-state index in [9.17, 15) is 18.0 Å². The number of halogens is 3. The first-order valence-corrected chi connectivity index (χ1v) is 6.27. The number of carbonyl (C=O) groups excluding carboxylic acids is 1. The zero-order valence-electron chi connectivity index (χ0n) is 11.4. The molecule has 5 heteroatoms. The van der Waals surface area contributed by atoms with Crippen LogP contribution >= 0.6 is 0 Å². The highest BCUT2D eigenvalue weighted by Crippen LogP contribution is 2.38. The molecule has 0 saturated carbocycles. The number of hydrogen-bond acceptors (Lipinski definition) is 2. The Bertz CT molecular complexity index is 463. The van der Waals surface area contributed by atoms with Crippen LogP contribution in [0.25, 0.3) is 6.08 Å². The molecule has 0 fully saturated rings. The van der Waals surface area contributed by atoms with E-state index >= 15 is 0 Å². The summed E-state index contributed by atoms with van der Waals surface area (Å²) in [6, 6.07) is 6.25. The molecular formula is C15H17F3O2. The highest BCUT2D eigenvalue weighted by atomic mass is 19.4. The summed E-state index contributed by atoms with van der Waals surface area (Å²) in [5.41, 5.74) is 1.06. The van der Waals surface area contributed by atoms with E-state index in [1.807, 2.05) is 0 Å².